The van der Waals surface area contributed by atoms with Crippen molar-refractivity contribution in [1.29, 1.82) is 0 Å². The molecular formula is C8H9ClFNO. The highest BCUT2D eigenvalue weighted by Crippen LogP contribution is 2.24. The fourth-order valence-electron chi connectivity index (χ4n) is 0.989. The molecule has 0 aromatic heterocycles. The summed E-state index contributed by atoms with van der Waals surface area (Å²) in [5, 5.41) is 8.87. The van der Waals surface area contributed by atoms with E-state index in [4.69, 9.17) is 16.8 Å². The van der Waals surface area contributed by atoms with Gasteiger partial charge >= 0.3 is 0 Å². The largest absolute Gasteiger partial charge is 0.316 e. The Morgan fingerprint density at radius 2 is 2.25 bits per heavy atom. The fraction of sp³-hybridized carbons (Fsp3) is 0.250. The minimum Gasteiger partial charge on any atom is -0.316 e. The summed E-state index contributed by atoms with van der Waals surface area (Å²) in [6.07, 6.45) is 0. The first-order valence-corrected chi connectivity index (χ1v) is 3.88. The molecule has 12 heavy (non-hydrogen) atoms. The zero-order valence-electron chi connectivity index (χ0n) is 6.51. The van der Waals surface area contributed by atoms with Crippen LogP contribution in [0.2, 0.25) is 5.02 Å². The van der Waals surface area contributed by atoms with Crippen LogP contribution in [0.4, 0.5) is 4.39 Å². The molecule has 2 nitrogen and oxygen atoms in total. The van der Waals surface area contributed by atoms with Gasteiger partial charge in [-0.15, -0.1) is 0 Å². The Hall–Kier alpha value is -0.640. The quantitative estimate of drug-likeness (QED) is 0.701. The first kappa shape index (κ1) is 9.45. The van der Waals surface area contributed by atoms with Crippen LogP contribution in [-0.2, 0) is 0 Å². The van der Waals surface area contributed by atoms with Crippen molar-refractivity contribution in [1.82, 2.24) is 5.48 Å². The molecule has 0 saturated heterocycles. The molecule has 0 spiro atoms. The van der Waals surface area contributed by atoms with E-state index in [1.165, 1.54) is 12.1 Å². The van der Waals surface area contributed by atoms with E-state index in [1.807, 2.05) is 5.48 Å². The van der Waals surface area contributed by atoms with Gasteiger partial charge in [-0.2, -0.15) is 5.48 Å². The first-order chi connectivity index (χ1) is 5.66. The van der Waals surface area contributed by atoms with E-state index in [-0.39, 0.29) is 5.56 Å². The maximum atomic E-state index is 13.1. The predicted molar refractivity (Wildman–Crippen MR) is 44.7 cm³/mol. The summed E-state index contributed by atoms with van der Waals surface area (Å²) in [7, 11) is 0. The average Bonchev–Trinajstić information content (AvgIpc) is 2.03. The summed E-state index contributed by atoms with van der Waals surface area (Å²) in [5.74, 6) is -0.420. The van der Waals surface area contributed by atoms with E-state index < -0.39 is 11.9 Å². The Balaban J connectivity index is 3.12. The second-order valence-corrected chi connectivity index (χ2v) is 2.89. The first-order valence-electron chi connectivity index (χ1n) is 3.50. The minimum atomic E-state index is -0.501. The Morgan fingerprint density at radius 1 is 1.58 bits per heavy atom. The second kappa shape index (κ2) is 3.85. The summed E-state index contributed by atoms with van der Waals surface area (Å²) in [6, 6.07) is 3.90. The van der Waals surface area contributed by atoms with Gasteiger partial charge in [-0.3, -0.25) is 0 Å². The Labute approximate surface area is 74.9 Å². The van der Waals surface area contributed by atoms with Crippen molar-refractivity contribution in [2.24, 2.45) is 0 Å². The van der Waals surface area contributed by atoms with Gasteiger partial charge in [0.15, 0.2) is 0 Å². The summed E-state index contributed by atoms with van der Waals surface area (Å²) >= 11 is 5.71. The van der Waals surface area contributed by atoms with E-state index >= 15 is 0 Å². The van der Waals surface area contributed by atoms with Crippen LogP contribution in [-0.4, -0.2) is 5.21 Å². The highest BCUT2D eigenvalue weighted by atomic mass is 35.5. The van der Waals surface area contributed by atoms with Gasteiger partial charge in [0.05, 0.1) is 6.04 Å². The number of hydrogen-bond acceptors (Lipinski definition) is 2. The molecule has 0 fully saturated rings. The topological polar surface area (TPSA) is 32.3 Å². The smallest absolute Gasteiger partial charge is 0.129 e. The number of halogens is 2. The van der Waals surface area contributed by atoms with Gasteiger partial charge < -0.3 is 5.21 Å². The lowest BCUT2D eigenvalue weighted by Crippen LogP contribution is -2.15. The zero-order chi connectivity index (χ0) is 9.14. The molecule has 0 aliphatic heterocycles. The molecular weight excluding hydrogens is 181 g/mol. The molecule has 0 heterocycles. The van der Waals surface area contributed by atoms with Crippen molar-refractivity contribution in [3.8, 4) is 0 Å². The lowest BCUT2D eigenvalue weighted by atomic mass is 10.1. The molecule has 0 unspecified atom stereocenters. The minimum absolute atomic E-state index is 0.279. The summed E-state index contributed by atoms with van der Waals surface area (Å²) in [6.45, 7) is 1.62. The Kier molecular flexibility index (Phi) is 3.03. The monoisotopic (exact) mass is 189 g/mol. The van der Waals surface area contributed by atoms with Crippen LogP contribution in [0, 0.1) is 5.82 Å². The number of hydrogen-bond donors (Lipinski definition) is 2. The van der Waals surface area contributed by atoms with Crippen LogP contribution in [0.25, 0.3) is 0 Å². The molecule has 1 aromatic carbocycles. The van der Waals surface area contributed by atoms with Crippen molar-refractivity contribution in [2.45, 2.75) is 13.0 Å². The van der Waals surface area contributed by atoms with E-state index in [2.05, 4.69) is 0 Å². The molecule has 0 saturated carbocycles. The lowest BCUT2D eigenvalue weighted by molar-refractivity contribution is 0.132. The van der Waals surface area contributed by atoms with Crippen LogP contribution < -0.4 is 5.48 Å². The predicted octanol–water partition coefficient (Wildman–Crippen LogP) is 2.52. The molecule has 1 atom stereocenters. The molecule has 1 aromatic rings. The third-order valence-corrected chi connectivity index (χ3v) is 1.96. The SMILES string of the molecule is C[C@H](NO)c1c(F)cccc1Cl. The highest BCUT2D eigenvalue weighted by molar-refractivity contribution is 6.31. The summed E-state index contributed by atoms with van der Waals surface area (Å²) < 4.78 is 13.1. The van der Waals surface area contributed by atoms with E-state index in [1.54, 1.807) is 13.0 Å². The maximum absolute atomic E-state index is 13.1. The van der Waals surface area contributed by atoms with Crippen LogP contribution in [0.15, 0.2) is 18.2 Å². The molecule has 1 rings (SSSR count). The second-order valence-electron chi connectivity index (χ2n) is 2.49. The van der Waals surface area contributed by atoms with Crippen molar-refractivity contribution in [3.63, 3.8) is 0 Å². The van der Waals surface area contributed by atoms with Crippen LogP contribution >= 0.6 is 11.6 Å². The van der Waals surface area contributed by atoms with Crippen LogP contribution in [0.5, 0.6) is 0 Å². The molecule has 0 bridgehead atoms. The van der Waals surface area contributed by atoms with Crippen molar-refractivity contribution in [2.75, 3.05) is 0 Å². The third kappa shape index (κ3) is 1.75. The van der Waals surface area contributed by atoms with Gasteiger partial charge in [0.2, 0.25) is 0 Å². The van der Waals surface area contributed by atoms with Crippen LogP contribution in [0.1, 0.15) is 18.5 Å². The number of rotatable bonds is 2. The Bertz CT molecular complexity index is 260. The molecule has 66 valence electrons. The van der Waals surface area contributed by atoms with Crippen molar-refractivity contribution >= 4 is 11.6 Å². The molecule has 0 amide bonds. The average molecular weight is 190 g/mol. The molecule has 4 heteroatoms. The lowest BCUT2D eigenvalue weighted by Gasteiger charge is -2.11. The van der Waals surface area contributed by atoms with Gasteiger partial charge in [0.25, 0.3) is 0 Å². The summed E-state index contributed by atoms with van der Waals surface area (Å²) in [5.41, 5.74) is 2.22. The van der Waals surface area contributed by atoms with Crippen LogP contribution in [0.3, 0.4) is 0 Å². The molecule has 2 N–H and O–H groups in total. The number of nitrogens with one attached hydrogen (secondary N) is 1. The van der Waals surface area contributed by atoms with Crippen molar-refractivity contribution in [3.05, 3.63) is 34.6 Å². The highest BCUT2D eigenvalue weighted by Gasteiger charge is 2.12. The Morgan fingerprint density at radius 3 is 2.75 bits per heavy atom. The van der Waals surface area contributed by atoms with Gasteiger partial charge in [0, 0.05) is 10.6 Å². The molecule has 0 aliphatic rings. The number of hydroxylamine groups is 1. The van der Waals surface area contributed by atoms with E-state index in [0.717, 1.165) is 0 Å². The van der Waals surface area contributed by atoms with Crippen molar-refractivity contribution < 1.29 is 9.60 Å². The fourth-order valence-corrected chi connectivity index (χ4v) is 1.32. The van der Waals surface area contributed by atoms with E-state index in [0.29, 0.717) is 5.02 Å². The molecule has 0 radical (unpaired) electrons. The van der Waals surface area contributed by atoms with Gasteiger partial charge in [-0.25, -0.2) is 4.39 Å². The maximum Gasteiger partial charge on any atom is 0.129 e. The van der Waals surface area contributed by atoms with Gasteiger partial charge in [-0.05, 0) is 19.1 Å². The number of benzene rings is 1. The van der Waals surface area contributed by atoms with Gasteiger partial charge in [0.1, 0.15) is 5.82 Å². The summed E-state index contributed by atoms with van der Waals surface area (Å²) in [4.78, 5) is 0. The van der Waals surface area contributed by atoms with E-state index in [9.17, 15) is 4.39 Å². The standard InChI is InChI=1S/C8H9ClFNO/c1-5(11-12)8-6(9)3-2-4-7(8)10/h2-5,11-12H,1H3/t5-/m0/s1. The molecule has 0 aliphatic carbocycles. The van der Waals surface area contributed by atoms with Gasteiger partial charge in [-0.1, -0.05) is 17.7 Å². The third-order valence-electron chi connectivity index (χ3n) is 1.63. The zero-order valence-corrected chi connectivity index (χ0v) is 7.27. The normalized spacial score (nSPS) is 13.0.